The predicted molar refractivity (Wildman–Crippen MR) is 67.9 cm³/mol. The summed E-state index contributed by atoms with van der Waals surface area (Å²) in [4.78, 5) is 11.3. The number of anilines is 1. The summed E-state index contributed by atoms with van der Waals surface area (Å²) in [6.45, 7) is 0.566. The molecule has 0 fully saturated rings. The molecule has 3 N–H and O–H groups in total. The first-order valence-corrected chi connectivity index (χ1v) is 5.71. The molecule has 0 saturated carbocycles. The predicted octanol–water partition coefficient (Wildman–Crippen LogP) is 1.80. The topological polar surface area (TPSA) is 61.4 Å². The Labute approximate surface area is 102 Å². The van der Waals surface area contributed by atoms with Crippen LogP contribution in [-0.2, 0) is 0 Å². The number of rotatable bonds is 4. The van der Waals surface area contributed by atoms with Crippen molar-refractivity contribution in [3.05, 3.63) is 27.8 Å². The highest BCUT2D eigenvalue weighted by molar-refractivity contribution is 14.1. The number of nitrogens with one attached hydrogen (secondary N) is 2. The van der Waals surface area contributed by atoms with Crippen LogP contribution in [-0.4, -0.2) is 24.3 Å². The van der Waals surface area contributed by atoms with Crippen LogP contribution in [0.1, 0.15) is 6.42 Å². The number of carbonyl (C=O) groups is 1. The van der Waals surface area contributed by atoms with Gasteiger partial charge in [-0.1, -0.05) is 0 Å². The van der Waals surface area contributed by atoms with E-state index in [0.717, 1.165) is 9.26 Å². The number of aliphatic hydroxyl groups excluding tert-OH is 1. The maximum Gasteiger partial charge on any atom is 0.319 e. The number of amides is 2. The van der Waals surface area contributed by atoms with Crippen LogP contribution in [0.4, 0.5) is 10.5 Å². The number of hydrogen-bond donors (Lipinski definition) is 3. The van der Waals surface area contributed by atoms with Crippen molar-refractivity contribution in [2.75, 3.05) is 18.5 Å². The van der Waals surface area contributed by atoms with Gasteiger partial charge in [0.2, 0.25) is 0 Å². The molecule has 5 heteroatoms. The first-order valence-electron chi connectivity index (χ1n) is 4.63. The quantitative estimate of drug-likeness (QED) is 0.585. The molecule has 0 bridgehead atoms. The minimum absolute atomic E-state index is 0.0871. The van der Waals surface area contributed by atoms with Gasteiger partial charge in [0.1, 0.15) is 0 Å². The smallest absolute Gasteiger partial charge is 0.319 e. The maximum absolute atomic E-state index is 11.3. The van der Waals surface area contributed by atoms with Crippen molar-refractivity contribution in [1.29, 1.82) is 0 Å². The second-order valence-corrected chi connectivity index (χ2v) is 4.21. The highest BCUT2D eigenvalue weighted by Crippen LogP contribution is 2.10. The van der Waals surface area contributed by atoms with E-state index >= 15 is 0 Å². The molecule has 1 aromatic carbocycles. The molecule has 1 rings (SSSR count). The van der Waals surface area contributed by atoms with Crippen LogP contribution in [0.25, 0.3) is 0 Å². The molecule has 4 nitrogen and oxygen atoms in total. The lowest BCUT2D eigenvalue weighted by Crippen LogP contribution is -2.29. The number of hydrogen-bond acceptors (Lipinski definition) is 2. The van der Waals surface area contributed by atoms with Gasteiger partial charge < -0.3 is 15.7 Å². The molecule has 0 unspecified atom stereocenters. The molecule has 0 radical (unpaired) electrons. The minimum Gasteiger partial charge on any atom is -0.396 e. The van der Waals surface area contributed by atoms with Crippen molar-refractivity contribution < 1.29 is 9.90 Å². The molecule has 0 aliphatic heterocycles. The van der Waals surface area contributed by atoms with Crippen LogP contribution in [0.3, 0.4) is 0 Å². The molecule has 0 aliphatic rings. The van der Waals surface area contributed by atoms with E-state index in [9.17, 15) is 4.79 Å². The summed E-state index contributed by atoms with van der Waals surface area (Å²) in [6, 6.07) is 7.28. The Balaban J connectivity index is 2.34. The molecular weight excluding hydrogens is 307 g/mol. The maximum atomic E-state index is 11.3. The molecule has 2 amide bonds. The van der Waals surface area contributed by atoms with Crippen molar-refractivity contribution in [2.24, 2.45) is 0 Å². The SMILES string of the molecule is O=C(NCCCO)Nc1ccc(I)cc1. The number of halogens is 1. The van der Waals surface area contributed by atoms with E-state index in [-0.39, 0.29) is 12.6 Å². The molecule has 0 atom stereocenters. The lowest BCUT2D eigenvalue weighted by atomic mass is 10.3. The van der Waals surface area contributed by atoms with E-state index in [2.05, 4.69) is 33.2 Å². The summed E-state index contributed by atoms with van der Waals surface area (Å²) in [5, 5.41) is 13.9. The van der Waals surface area contributed by atoms with Crippen molar-refractivity contribution in [1.82, 2.24) is 5.32 Å². The van der Waals surface area contributed by atoms with Gasteiger partial charge >= 0.3 is 6.03 Å². The third kappa shape index (κ3) is 4.98. The van der Waals surface area contributed by atoms with E-state index < -0.39 is 0 Å². The number of aliphatic hydroxyl groups is 1. The van der Waals surface area contributed by atoms with E-state index in [1.165, 1.54) is 0 Å². The van der Waals surface area contributed by atoms with Gasteiger partial charge in [-0.25, -0.2) is 4.79 Å². The van der Waals surface area contributed by atoms with Gasteiger partial charge in [0.25, 0.3) is 0 Å². The van der Waals surface area contributed by atoms with Crippen molar-refractivity contribution in [2.45, 2.75) is 6.42 Å². The van der Waals surface area contributed by atoms with Crippen LogP contribution in [0, 0.1) is 3.57 Å². The van der Waals surface area contributed by atoms with Gasteiger partial charge in [-0.15, -0.1) is 0 Å². The molecule has 0 aliphatic carbocycles. The largest absolute Gasteiger partial charge is 0.396 e. The summed E-state index contributed by atoms with van der Waals surface area (Å²) in [7, 11) is 0. The molecule has 0 aromatic heterocycles. The van der Waals surface area contributed by atoms with Gasteiger partial charge in [-0.3, -0.25) is 0 Å². The minimum atomic E-state index is -0.246. The molecule has 1 aromatic rings. The monoisotopic (exact) mass is 320 g/mol. The number of benzene rings is 1. The lowest BCUT2D eigenvalue weighted by molar-refractivity contribution is 0.249. The Kier molecular flexibility index (Phi) is 5.41. The van der Waals surface area contributed by atoms with Gasteiger partial charge in [-0.05, 0) is 53.3 Å². The zero-order chi connectivity index (χ0) is 11.1. The van der Waals surface area contributed by atoms with Crippen LogP contribution < -0.4 is 10.6 Å². The summed E-state index contributed by atoms with van der Waals surface area (Å²) < 4.78 is 1.12. The van der Waals surface area contributed by atoms with E-state index in [1.54, 1.807) is 0 Å². The standard InChI is InChI=1S/C10H13IN2O2/c11-8-2-4-9(5-3-8)13-10(15)12-6-1-7-14/h2-5,14H,1,6-7H2,(H2,12,13,15). The molecule has 15 heavy (non-hydrogen) atoms. The van der Waals surface area contributed by atoms with E-state index in [1.807, 2.05) is 24.3 Å². The molecule has 0 spiro atoms. The van der Waals surface area contributed by atoms with Crippen molar-refractivity contribution in [3.63, 3.8) is 0 Å². The van der Waals surface area contributed by atoms with Crippen LogP contribution in [0.2, 0.25) is 0 Å². The first kappa shape index (κ1) is 12.3. The Hall–Kier alpha value is -0.820. The average molecular weight is 320 g/mol. The summed E-state index contributed by atoms with van der Waals surface area (Å²) in [5.74, 6) is 0. The first-order chi connectivity index (χ1) is 7.22. The van der Waals surface area contributed by atoms with Gasteiger partial charge in [0.05, 0.1) is 0 Å². The average Bonchev–Trinajstić information content (AvgIpc) is 2.22. The highest BCUT2D eigenvalue weighted by atomic mass is 127. The Morgan fingerprint density at radius 3 is 2.60 bits per heavy atom. The molecule has 0 saturated heterocycles. The summed E-state index contributed by atoms with van der Waals surface area (Å²) >= 11 is 2.20. The zero-order valence-electron chi connectivity index (χ0n) is 8.16. The normalized spacial score (nSPS) is 9.73. The fourth-order valence-electron chi connectivity index (χ4n) is 0.989. The second kappa shape index (κ2) is 6.62. The Bertz CT molecular complexity index is 314. The molecular formula is C10H13IN2O2. The number of urea groups is 1. The second-order valence-electron chi connectivity index (χ2n) is 2.96. The van der Waals surface area contributed by atoms with Crippen molar-refractivity contribution >= 4 is 34.3 Å². The van der Waals surface area contributed by atoms with Gasteiger partial charge in [0.15, 0.2) is 0 Å². The summed E-state index contributed by atoms with van der Waals surface area (Å²) in [6.07, 6.45) is 0.570. The highest BCUT2D eigenvalue weighted by Gasteiger charge is 1.99. The number of carbonyl (C=O) groups excluding carboxylic acids is 1. The lowest BCUT2D eigenvalue weighted by Gasteiger charge is -2.06. The summed E-state index contributed by atoms with van der Waals surface area (Å²) in [5.41, 5.74) is 0.761. The Morgan fingerprint density at radius 1 is 1.33 bits per heavy atom. The van der Waals surface area contributed by atoms with Gasteiger partial charge in [-0.2, -0.15) is 0 Å². The van der Waals surface area contributed by atoms with E-state index in [4.69, 9.17) is 5.11 Å². The van der Waals surface area contributed by atoms with Crippen LogP contribution >= 0.6 is 22.6 Å². The third-order valence-electron chi connectivity index (χ3n) is 1.72. The fourth-order valence-corrected chi connectivity index (χ4v) is 1.35. The van der Waals surface area contributed by atoms with E-state index in [0.29, 0.717) is 13.0 Å². The third-order valence-corrected chi connectivity index (χ3v) is 2.44. The van der Waals surface area contributed by atoms with Crippen LogP contribution in [0.15, 0.2) is 24.3 Å². The fraction of sp³-hybridized carbons (Fsp3) is 0.300. The molecule has 0 heterocycles. The zero-order valence-corrected chi connectivity index (χ0v) is 10.3. The van der Waals surface area contributed by atoms with Crippen LogP contribution in [0.5, 0.6) is 0 Å². The van der Waals surface area contributed by atoms with Gasteiger partial charge in [0, 0.05) is 22.4 Å². The Morgan fingerprint density at radius 2 is 2.00 bits per heavy atom. The molecule has 82 valence electrons. The van der Waals surface area contributed by atoms with Crippen molar-refractivity contribution in [3.8, 4) is 0 Å².